The molecule has 0 bridgehead atoms. The largest absolute Gasteiger partial charge is 0.386 e. The first kappa shape index (κ1) is 13.8. The van der Waals surface area contributed by atoms with Gasteiger partial charge in [-0.3, -0.25) is 0 Å². The standard InChI is InChI=1S/C13H16ClN3O3/c1-7-5-8-11(14)15-6-16-12(8)17(7)9-3-4-20-13(19-2)10(9)18/h5-6,9-10,13,18H,3-4H2,1-2H3/t9-,10+,13-/m0/s1. The number of aliphatic hydroxyl groups excluding tert-OH is 1. The first-order valence-electron chi connectivity index (χ1n) is 6.44. The summed E-state index contributed by atoms with van der Waals surface area (Å²) in [6, 6.07) is 1.78. The lowest BCUT2D eigenvalue weighted by atomic mass is 10.0. The van der Waals surface area contributed by atoms with Crippen LogP contribution >= 0.6 is 11.6 Å². The van der Waals surface area contributed by atoms with Crippen molar-refractivity contribution in [2.75, 3.05) is 13.7 Å². The predicted molar refractivity (Wildman–Crippen MR) is 73.7 cm³/mol. The molecule has 3 atom stereocenters. The number of aryl methyl sites for hydroxylation is 1. The quantitative estimate of drug-likeness (QED) is 0.854. The number of halogens is 1. The van der Waals surface area contributed by atoms with Gasteiger partial charge in [0.05, 0.1) is 18.0 Å². The van der Waals surface area contributed by atoms with E-state index < -0.39 is 12.4 Å². The van der Waals surface area contributed by atoms with Gasteiger partial charge in [0, 0.05) is 12.8 Å². The van der Waals surface area contributed by atoms with Crippen molar-refractivity contribution >= 4 is 22.6 Å². The van der Waals surface area contributed by atoms with Gasteiger partial charge in [0.1, 0.15) is 23.2 Å². The molecule has 1 aliphatic rings. The second kappa shape index (κ2) is 5.29. The molecule has 0 radical (unpaired) electrons. The van der Waals surface area contributed by atoms with Crippen molar-refractivity contribution in [3.63, 3.8) is 0 Å². The van der Waals surface area contributed by atoms with E-state index in [4.69, 9.17) is 21.1 Å². The van der Waals surface area contributed by atoms with Crippen molar-refractivity contribution < 1.29 is 14.6 Å². The summed E-state index contributed by atoms with van der Waals surface area (Å²) in [6.07, 6.45) is 0.743. The van der Waals surface area contributed by atoms with Gasteiger partial charge in [-0.15, -0.1) is 0 Å². The first-order chi connectivity index (χ1) is 9.63. The minimum Gasteiger partial charge on any atom is -0.386 e. The summed E-state index contributed by atoms with van der Waals surface area (Å²) in [5.41, 5.74) is 1.70. The third-order valence-electron chi connectivity index (χ3n) is 3.71. The predicted octanol–water partition coefficient (Wildman–Crippen LogP) is 1.69. The molecule has 0 aliphatic carbocycles. The Morgan fingerprint density at radius 3 is 3.05 bits per heavy atom. The molecule has 1 fully saturated rings. The van der Waals surface area contributed by atoms with E-state index in [-0.39, 0.29) is 6.04 Å². The number of aliphatic hydroxyl groups is 1. The molecule has 0 amide bonds. The van der Waals surface area contributed by atoms with Crippen LogP contribution in [0.1, 0.15) is 18.2 Å². The molecule has 0 aromatic carbocycles. The number of hydrogen-bond donors (Lipinski definition) is 1. The zero-order valence-corrected chi connectivity index (χ0v) is 12.0. The van der Waals surface area contributed by atoms with Crippen LogP contribution < -0.4 is 0 Å². The Morgan fingerprint density at radius 2 is 2.30 bits per heavy atom. The van der Waals surface area contributed by atoms with Crippen molar-refractivity contribution in [2.24, 2.45) is 0 Å². The molecule has 3 heterocycles. The Balaban J connectivity index is 2.09. The van der Waals surface area contributed by atoms with Crippen molar-refractivity contribution in [1.29, 1.82) is 0 Å². The summed E-state index contributed by atoms with van der Waals surface area (Å²) in [7, 11) is 1.52. The van der Waals surface area contributed by atoms with Gasteiger partial charge in [-0.1, -0.05) is 11.6 Å². The summed E-state index contributed by atoms with van der Waals surface area (Å²) in [5.74, 6) is 0. The molecule has 0 unspecified atom stereocenters. The molecular weight excluding hydrogens is 282 g/mol. The number of nitrogens with zero attached hydrogens (tertiary/aromatic N) is 3. The Labute approximate surface area is 121 Å². The highest BCUT2D eigenvalue weighted by Crippen LogP contribution is 2.32. The fourth-order valence-electron chi connectivity index (χ4n) is 2.79. The summed E-state index contributed by atoms with van der Waals surface area (Å²) in [4.78, 5) is 8.28. The molecule has 1 saturated heterocycles. The van der Waals surface area contributed by atoms with E-state index in [0.717, 1.165) is 16.7 Å². The first-order valence-corrected chi connectivity index (χ1v) is 6.81. The highest BCUT2D eigenvalue weighted by atomic mass is 35.5. The number of fused-ring (bicyclic) bond motifs is 1. The zero-order valence-electron chi connectivity index (χ0n) is 11.3. The third-order valence-corrected chi connectivity index (χ3v) is 4.01. The lowest BCUT2D eigenvalue weighted by Gasteiger charge is -2.35. The minimum atomic E-state index is -0.753. The number of ether oxygens (including phenoxy) is 2. The second-order valence-corrected chi connectivity index (χ2v) is 5.24. The van der Waals surface area contributed by atoms with E-state index in [2.05, 4.69) is 9.97 Å². The van der Waals surface area contributed by atoms with Crippen LogP contribution in [0.4, 0.5) is 0 Å². The van der Waals surface area contributed by atoms with Crippen molar-refractivity contribution in [1.82, 2.24) is 14.5 Å². The van der Waals surface area contributed by atoms with E-state index in [1.165, 1.54) is 13.4 Å². The van der Waals surface area contributed by atoms with Gasteiger partial charge in [0.15, 0.2) is 6.29 Å². The maximum atomic E-state index is 10.4. The van der Waals surface area contributed by atoms with Crippen LogP contribution in [0, 0.1) is 6.92 Å². The number of methoxy groups -OCH3 is 1. The van der Waals surface area contributed by atoms with E-state index in [9.17, 15) is 5.11 Å². The molecule has 2 aromatic heterocycles. The monoisotopic (exact) mass is 297 g/mol. The lowest BCUT2D eigenvalue weighted by Crippen LogP contribution is -2.43. The highest BCUT2D eigenvalue weighted by molar-refractivity contribution is 6.33. The summed E-state index contributed by atoms with van der Waals surface area (Å²) >= 11 is 6.10. The SMILES string of the molecule is CO[C@H]1OCC[C@H](n2c(C)cc3c(Cl)ncnc32)[C@H]1O. The molecule has 108 valence electrons. The number of hydrogen-bond acceptors (Lipinski definition) is 5. The van der Waals surface area contributed by atoms with E-state index in [0.29, 0.717) is 18.2 Å². The Morgan fingerprint density at radius 1 is 1.50 bits per heavy atom. The summed E-state index contributed by atoms with van der Waals surface area (Å²) in [6.45, 7) is 2.49. The fourth-order valence-corrected chi connectivity index (χ4v) is 2.97. The topological polar surface area (TPSA) is 69.4 Å². The van der Waals surface area contributed by atoms with Crippen LogP contribution in [-0.4, -0.2) is 45.8 Å². The van der Waals surface area contributed by atoms with Gasteiger partial charge >= 0.3 is 0 Å². The van der Waals surface area contributed by atoms with Crippen LogP contribution in [-0.2, 0) is 9.47 Å². The fraction of sp³-hybridized carbons (Fsp3) is 0.538. The maximum absolute atomic E-state index is 10.4. The van der Waals surface area contributed by atoms with Crippen LogP contribution in [0.2, 0.25) is 5.15 Å². The maximum Gasteiger partial charge on any atom is 0.185 e. The Bertz CT molecular complexity index is 631. The molecule has 20 heavy (non-hydrogen) atoms. The molecular formula is C13H16ClN3O3. The molecule has 2 aromatic rings. The molecule has 7 heteroatoms. The van der Waals surface area contributed by atoms with Gasteiger partial charge in [-0.05, 0) is 19.4 Å². The number of rotatable bonds is 2. The smallest absolute Gasteiger partial charge is 0.185 e. The zero-order chi connectivity index (χ0) is 14.3. The Kier molecular flexibility index (Phi) is 3.64. The minimum absolute atomic E-state index is 0.155. The second-order valence-electron chi connectivity index (χ2n) is 4.88. The van der Waals surface area contributed by atoms with E-state index in [1.807, 2.05) is 17.6 Å². The molecule has 6 nitrogen and oxygen atoms in total. The van der Waals surface area contributed by atoms with Gasteiger partial charge in [0.25, 0.3) is 0 Å². The van der Waals surface area contributed by atoms with Crippen LogP contribution in [0.15, 0.2) is 12.4 Å². The molecule has 1 N–H and O–H groups in total. The summed E-state index contributed by atoms with van der Waals surface area (Å²) in [5, 5.41) is 11.6. The van der Waals surface area contributed by atoms with Crippen LogP contribution in [0.3, 0.4) is 0 Å². The lowest BCUT2D eigenvalue weighted by molar-refractivity contribution is -0.215. The van der Waals surface area contributed by atoms with Crippen molar-refractivity contribution in [3.8, 4) is 0 Å². The highest BCUT2D eigenvalue weighted by Gasteiger charge is 2.35. The van der Waals surface area contributed by atoms with Gasteiger partial charge in [-0.25, -0.2) is 9.97 Å². The third kappa shape index (κ3) is 2.09. The molecule has 1 aliphatic heterocycles. The van der Waals surface area contributed by atoms with Crippen LogP contribution in [0.25, 0.3) is 11.0 Å². The van der Waals surface area contributed by atoms with E-state index >= 15 is 0 Å². The van der Waals surface area contributed by atoms with Crippen molar-refractivity contribution in [2.45, 2.75) is 31.8 Å². The number of aromatic nitrogens is 3. The summed E-state index contributed by atoms with van der Waals surface area (Å²) < 4.78 is 12.6. The van der Waals surface area contributed by atoms with Crippen molar-refractivity contribution in [3.05, 3.63) is 23.2 Å². The average Bonchev–Trinajstić information content (AvgIpc) is 2.77. The molecule has 0 spiro atoms. The van der Waals surface area contributed by atoms with Crippen LogP contribution in [0.5, 0.6) is 0 Å². The van der Waals surface area contributed by atoms with Gasteiger partial charge in [0.2, 0.25) is 0 Å². The van der Waals surface area contributed by atoms with Gasteiger partial charge in [-0.2, -0.15) is 0 Å². The average molecular weight is 298 g/mol. The normalized spacial score (nSPS) is 27.1. The Hall–Kier alpha value is -1.21. The van der Waals surface area contributed by atoms with Gasteiger partial charge < -0.3 is 19.1 Å². The molecule has 3 rings (SSSR count). The molecule has 0 saturated carbocycles. The van der Waals surface area contributed by atoms with E-state index in [1.54, 1.807) is 0 Å².